The van der Waals surface area contributed by atoms with E-state index in [1.54, 1.807) is 42.5 Å². The molecule has 0 unspecified atom stereocenters. The standard InChI is InChI=1S/C22H14Cl2FN3O2/c23-17-8-7-15(11-18(17)24)27-21(29)16-10-13-5-3-9-26-20(13)28(22(16)30)12-14-4-1-2-6-19(14)25/h1-11H,12H2,(H,27,29). The topological polar surface area (TPSA) is 64.0 Å². The Morgan fingerprint density at radius 3 is 2.60 bits per heavy atom. The van der Waals surface area contributed by atoms with Gasteiger partial charge in [-0.15, -0.1) is 0 Å². The van der Waals surface area contributed by atoms with Crippen molar-refractivity contribution in [3.05, 3.63) is 104 Å². The summed E-state index contributed by atoms with van der Waals surface area (Å²) in [5.41, 5.74) is 0.381. The number of benzene rings is 2. The molecule has 0 spiro atoms. The minimum absolute atomic E-state index is 0.0626. The van der Waals surface area contributed by atoms with E-state index in [1.807, 2.05) is 0 Å². The number of aromatic nitrogens is 2. The molecule has 0 atom stereocenters. The maximum Gasteiger partial charge on any atom is 0.265 e. The highest BCUT2D eigenvalue weighted by atomic mass is 35.5. The molecule has 2 aromatic heterocycles. The summed E-state index contributed by atoms with van der Waals surface area (Å²) < 4.78 is 15.5. The van der Waals surface area contributed by atoms with E-state index in [-0.39, 0.29) is 17.1 Å². The lowest BCUT2D eigenvalue weighted by Gasteiger charge is -2.13. The van der Waals surface area contributed by atoms with Crippen molar-refractivity contribution >= 4 is 45.8 Å². The van der Waals surface area contributed by atoms with E-state index in [2.05, 4.69) is 10.3 Å². The van der Waals surface area contributed by atoms with Crippen molar-refractivity contribution in [2.75, 3.05) is 5.32 Å². The van der Waals surface area contributed by atoms with Crippen LogP contribution in [0.5, 0.6) is 0 Å². The van der Waals surface area contributed by atoms with Gasteiger partial charge in [-0.05, 0) is 42.5 Å². The Balaban J connectivity index is 1.79. The number of nitrogens with one attached hydrogen (secondary N) is 1. The van der Waals surface area contributed by atoms with Crippen molar-refractivity contribution in [3.8, 4) is 0 Å². The number of carbonyl (C=O) groups excluding carboxylic acids is 1. The lowest BCUT2D eigenvalue weighted by atomic mass is 10.1. The fourth-order valence-electron chi connectivity index (χ4n) is 3.09. The molecule has 30 heavy (non-hydrogen) atoms. The number of rotatable bonds is 4. The van der Waals surface area contributed by atoms with Gasteiger partial charge in [-0.2, -0.15) is 0 Å². The number of nitrogens with zero attached hydrogens (tertiary/aromatic N) is 2. The van der Waals surface area contributed by atoms with Gasteiger partial charge in [-0.1, -0.05) is 41.4 Å². The smallest absolute Gasteiger partial charge is 0.265 e. The van der Waals surface area contributed by atoms with Gasteiger partial charge in [0, 0.05) is 22.8 Å². The van der Waals surface area contributed by atoms with Crippen LogP contribution in [0.15, 0.2) is 71.7 Å². The van der Waals surface area contributed by atoms with E-state index >= 15 is 0 Å². The van der Waals surface area contributed by atoms with Gasteiger partial charge in [-0.3, -0.25) is 14.2 Å². The van der Waals surface area contributed by atoms with Crippen molar-refractivity contribution in [3.63, 3.8) is 0 Å². The summed E-state index contributed by atoms with van der Waals surface area (Å²) in [7, 11) is 0. The van der Waals surface area contributed by atoms with Gasteiger partial charge < -0.3 is 5.32 Å². The van der Waals surface area contributed by atoms with E-state index in [4.69, 9.17) is 23.2 Å². The van der Waals surface area contributed by atoms with Crippen LogP contribution < -0.4 is 10.9 Å². The zero-order chi connectivity index (χ0) is 21.3. The van der Waals surface area contributed by atoms with Crippen LogP contribution in [0.25, 0.3) is 11.0 Å². The summed E-state index contributed by atoms with van der Waals surface area (Å²) in [6, 6.07) is 15.6. The Morgan fingerprint density at radius 2 is 1.83 bits per heavy atom. The Hall–Kier alpha value is -3.22. The second kappa shape index (κ2) is 8.26. The number of hydrogen-bond acceptors (Lipinski definition) is 3. The molecule has 0 bridgehead atoms. The Morgan fingerprint density at radius 1 is 1.03 bits per heavy atom. The molecule has 2 heterocycles. The highest BCUT2D eigenvalue weighted by Gasteiger charge is 2.18. The molecule has 0 saturated carbocycles. The third-order valence-electron chi connectivity index (χ3n) is 4.56. The number of carbonyl (C=O) groups is 1. The number of fused-ring (bicyclic) bond motifs is 1. The van der Waals surface area contributed by atoms with E-state index in [9.17, 15) is 14.0 Å². The van der Waals surface area contributed by atoms with Gasteiger partial charge in [0.25, 0.3) is 11.5 Å². The first-order valence-electron chi connectivity index (χ1n) is 8.92. The summed E-state index contributed by atoms with van der Waals surface area (Å²) in [6.07, 6.45) is 1.54. The molecule has 0 aliphatic rings. The molecule has 1 amide bonds. The van der Waals surface area contributed by atoms with Crippen molar-refractivity contribution in [2.45, 2.75) is 6.54 Å². The molecule has 4 aromatic rings. The minimum atomic E-state index is -0.619. The fourth-order valence-corrected chi connectivity index (χ4v) is 3.38. The van der Waals surface area contributed by atoms with Gasteiger partial charge >= 0.3 is 0 Å². The number of pyridine rings is 2. The second-order valence-electron chi connectivity index (χ2n) is 6.54. The van der Waals surface area contributed by atoms with Crippen LogP contribution in [0.1, 0.15) is 15.9 Å². The second-order valence-corrected chi connectivity index (χ2v) is 7.35. The summed E-state index contributed by atoms with van der Waals surface area (Å²) in [4.78, 5) is 30.2. The van der Waals surface area contributed by atoms with Gasteiger partial charge in [0.2, 0.25) is 0 Å². The number of amides is 1. The summed E-state index contributed by atoms with van der Waals surface area (Å²) in [5, 5.41) is 3.84. The summed E-state index contributed by atoms with van der Waals surface area (Å²) >= 11 is 11.9. The Kier molecular flexibility index (Phi) is 5.53. The summed E-state index contributed by atoms with van der Waals surface area (Å²) in [6.45, 7) is -0.0626. The van der Waals surface area contributed by atoms with Crippen molar-refractivity contribution in [1.29, 1.82) is 0 Å². The molecule has 5 nitrogen and oxygen atoms in total. The van der Waals surface area contributed by atoms with Gasteiger partial charge in [0.15, 0.2) is 0 Å². The lowest BCUT2D eigenvalue weighted by molar-refractivity contribution is 0.102. The molecule has 0 radical (unpaired) electrons. The molecular formula is C22H14Cl2FN3O2. The van der Waals surface area contributed by atoms with Gasteiger partial charge in [0.1, 0.15) is 17.0 Å². The average molecular weight is 442 g/mol. The van der Waals surface area contributed by atoms with E-state index in [1.165, 1.54) is 29.0 Å². The fraction of sp³-hybridized carbons (Fsp3) is 0.0455. The molecule has 0 fully saturated rings. The van der Waals surface area contributed by atoms with Crippen LogP contribution in [0, 0.1) is 5.82 Å². The third kappa shape index (κ3) is 3.92. The lowest BCUT2D eigenvalue weighted by Crippen LogP contribution is -2.30. The first-order valence-corrected chi connectivity index (χ1v) is 9.68. The minimum Gasteiger partial charge on any atom is -0.322 e. The molecule has 1 N–H and O–H groups in total. The number of halogens is 3. The van der Waals surface area contributed by atoms with Crippen molar-refractivity contribution < 1.29 is 9.18 Å². The van der Waals surface area contributed by atoms with Crippen LogP contribution in [0.2, 0.25) is 10.0 Å². The zero-order valence-corrected chi connectivity index (χ0v) is 16.9. The molecular weight excluding hydrogens is 428 g/mol. The summed E-state index contributed by atoms with van der Waals surface area (Å²) in [5.74, 6) is -1.06. The normalized spacial score (nSPS) is 10.9. The van der Waals surface area contributed by atoms with Crippen LogP contribution in [-0.4, -0.2) is 15.5 Å². The molecule has 8 heteroatoms. The molecule has 0 saturated heterocycles. The van der Waals surface area contributed by atoms with Crippen LogP contribution >= 0.6 is 23.2 Å². The number of anilines is 1. The molecule has 2 aromatic carbocycles. The van der Waals surface area contributed by atoms with Crippen molar-refractivity contribution in [1.82, 2.24) is 9.55 Å². The maximum absolute atomic E-state index is 14.2. The maximum atomic E-state index is 14.2. The molecule has 0 aliphatic carbocycles. The van der Waals surface area contributed by atoms with Crippen LogP contribution in [-0.2, 0) is 6.54 Å². The molecule has 0 aliphatic heterocycles. The first-order chi connectivity index (χ1) is 14.4. The zero-order valence-electron chi connectivity index (χ0n) is 15.4. The first kappa shape index (κ1) is 20.1. The average Bonchev–Trinajstić information content (AvgIpc) is 2.74. The van der Waals surface area contributed by atoms with E-state index in [0.717, 1.165) is 0 Å². The quantitative estimate of drug-likeness (QED) is 0.476. The molecule has 150 valence electrons. The predicted molar refractivity (Wildman–Crippen MR) is 116 cm³/mol. The monoisotopic (exact) mass is 441 g/mol. The van der Waals surface area contributed by atoms with E-state index < -0.39 is 17.3 Å². The molecule has 4 rings (SSSR count). The third-order valence-corrected chi connectivity index (χ3v) is 5.30. The van der Waals surface area contributed by atoms with Crippen LogP contribution in [0.3, 0.4) is 0 Å². The Labute approximate surface area is 180 Å². The Bertz CT molecular complexity index is 1340. The van der Waals surface area contributed by atoms with Crippen molar-refractivity contribution in [2.24, 2.45) is 0 Å². The highest BCUT2D eigenvalue weighted by Crippen LogP contribution is 2.25. The van der Waals surface area contributed by atoms with Gasteiger partial charge in [0.05, 0.1) is 16.6 Å². The SMILES string of the molecule is O=C(Nc1ccc(Cl)c(Cl)c1)c1cc2cccnc2n(Cc2ccccc2F)c1=O. The predicted octanol–water partition coefficient (Wildman–Crippen LogP) is 5.14. The number of hydrogen-bond donors (Lipinski definition) is 1. The van der Waals surface area contributed by atoms with Gasteiger partial charge in [-0.25, -0.2) is 9.37 Å². The van der Waals surface area contributed by atoms with Crippen LogP contribution in [0.4, 0.5) is 10.1 Å². The largest absolute Gasteiger partial charge is 0.322 e. The highest BCUT2D eigenvalue weighted by molar-refractivity contribution is 6.42. The van der Waals surface area contributed by atoms with E-state index in [0.29, 0.717) is 27.3 Å².